The maximum atomic E-state index is 10.7. The van der Waals surface area contributed by atoms with Crippen LogP contribution in [-0.4, -0.2) is 17.5 Å². The van der Waals surface area contributed by atoms with Crippen LogP contribution in [0, 0.1) is 0 Å². The lowest BCUT2D eigenvalue weighted by Crippen LogP contribution is -2.11. The van der Waals surface area contributed by atoms with E-state index in [2.05, 4.69) is 4.99 Å². The molecule has 1 amide bonds. The van der Waals surface area contributed by atoms with E-state index in [1.807, 2.05) is 0 Å². The van der Waals surface area contributed by atoms with Crippen LogP contribution in [0.2, 0.25) is 0 Å². The van der Waals surface area contributed by atoms with Gasteiger partial charge in [-0.3, -0.25) is 9.79 Å². The quantitative estimate of drug-likeness (QED) is 0.614. The van der Waals surface area contributed by atoms with Crippen molar-refractivity contribution < 1.29 is 4.79 Å². The largest absolute Gasteiger partial charge is 0.366 e. The molecule has 0 spiro atoms. The molecule has 3 nitrogen and oxygen atoms in total. The van der Waals surface area contributed by atoms with Crippen molar-refractivity contribution in [2.75, 3.05) is 0 Å². The molecule has 0 bridgehead atoms. The van der Waals surface area contributed by atoms with Crippen LogP contribution in [0.5, 0.6) is 0 Å². The summed E-state index contributed by atoms with van der Waals surface area (Å²) in [5, 5.41) is 0. The molecule has 11 heavy (non-hydrogen) atoms. The second-order valence-electron chi connectivity index (χ2n) is 2.35. The third kappa shape index (κ3) is 0.991. The van der Waals surface area contributed by atoms with Crippen molar-refractivity contribution in [1.29, 1.82) is 0 Å². The second kappa shape index (κ2) is 2.23. The van der Waals surface area contributed by atoms with Gasteiger partial charge in [0, 0.05) is 10.5 Å². The number of carbonyl (C=O) groups is 1. The molecule has 0 fully saturated rings. The minimum atomic E-state index is -0.372. The van der Waals surface area contributed by atoms with Crippen molar-refractivity contribution in [3.63, 3.8) is 0 Å². The molecule has 0 aromatic rings. The number of aliphatic imine (C=N–C) groups is 1. The smallest absolute Gasteiger partial charge is 0.248 e. The Morgan fingerprint density at radius 3 is 3.18 bits per heavy atom. The molecule has 0 aromatic carbocycles. The molecule has 1 aliphatic carbocycles. The lowest BCUT2D eigenvalue weighted by Gasteiger charge is -1.92. The molecule has 56 valence electrons. The van der Waals surface area contributed by atoms with E-state index in [0.29, 0.717) is 5.57 Å². The van der Waals surface area contributed by atoms with E-state index < -0.39 is 0 Å². The van der Waals surface area contributed by atoms with E-state index >= 15 is 0 Å². The molecule has 2 aliphatic rings. The first-order valence-corrected chi connectivity index (χ1v) is 4.07. The van der Waals surface area contributed by atoms with Gasteiger partial charge in [0.1, 0.15) is 6.04 Å². The minimum absolute atomic E-state index is 0.0718. The monoisotopic (exact) mass is 166 g/mol. The fraction of sp³-hybridized carbons (Fsp3) is 0.143. The molecule has 2 N–H and O–H groups in total. The first-order valence-electron chi connectivity index (χ1n) is 3.19. The van der Waals surface area contributed by atoms with Gasteiger partial charge in [0.05, 0.1) is 5.55 Å². The predicted molar refractivity (Wildman–Crippen MR) is 45.2 cm³/mol. The van der Waals surface area contributed by atoms with Gasteiger partial charge >= 0.3 is 0 Å². The van der Waals surface area contributed by atoms with E-state index in [1.165, 1.54) is 0 Å². The van der Waals surface area contributed by atoms with Crippen molar-refractivity contribution in [2.45, 2.75) is 6.04 Å². The number of carbonyl (C=O) groups excluding carboxylic acids is 1. The standard InChI is InChI=1S/C7H6N2OS/c8-7(10)4-1-5-6(2-4)11-3-9-5/h1-3,5H,(H2,8,10). The van der Waals surface area contributed by atoms with Gasteiger partial charge in [-0.25, -0.2) is 0 Å². The zero-order valence-electron chi connectivity index (χ0n) is 5.65. The van der Waals surface area contributed by atoms with Crippen molar-refractivity contribution >= 4 is 23.2 Å². The Morgan fingerprint density at radius 2 is 2.55 bits per heavy atom. The van der Waals surface area contributed by atoms with Crippen LogP contribution >= 0.6 is 11.8 Å². The second-order valence-corrected chi connectivity index (χ2v) is 3.27. The molecular formula is C7H6N2OS. The van der Waals surface area contributed by atoms with Crippen LogP contribution in [0.1, 0.15) is 0 Å². The highest BCUT2D eigenvalue weighted by molar-refractivity contribution is 8.15. The number of nitrogens with two attached hydrogens (primary N) is 1. The Labute approximate surface area is 68.1 Å². The molecule has 1 heterocycles. The van der Waals surface area contributed by atoms with Gasteiger partial charge in [-0.1, -0.05) is 11.8 Å². The van der Waals surface area contributed by atoms with Gasteiger partial charge in [-0.2, -0.15) is 0 Å². The first kappa shape index (κ1) is 6.67. The third-order valence-electron chi connectivity index (χ3n) is 1.62. The number of fused-ring (bicyclic) bond motifs is 1. The highest BCUT2D eigenvalue weighted by Crippen LogP contribution is 2.33. The van der Waals surface area contributed by atoms with E-state index in [-0.39, 0.29) is 11.9 Å². The molecule has 2 rings (SSSR count). The van der Waals surface area contributed by atoms with Gasteiger partial charge in [0.25, 0.3) is 0 Å². The normalized spacial score (nSPS) is 26.4. The number of hydrogen-bond donors (Lipinski definition) is 1. The summed E-state index contributed by atoms with van der Waals surface area (Å²) in [5.41, 5.74) is 7.45. The summed E-state index contributed by atoms with van der Waals surface area (Å²) in [5.74, 6) is -0.372. The number of amides is 1. The van der Waals surface area contributed by atoms with E-state index in [9.17, 15) is 4.79 Å². The summed E-state index contributed by atoms with van der Waals surface area (Å²) in [7, 11) is 0. The van der Waals surface area contributed by atoms with Crippen molar-refractivity contribution in [3.05, 3.63) is 22.6 Å². The molecular weight excluding hydrogens is 160 g/mol. The fourth-order valence-corrected chi connectivity index (χ4v) is 1.85. The van der Waals surface area contributed by atoms with Crippen LogP contribution in [-0.2, 0) is 4.79 Å². The highest BCUT2D eigenvalue weighted by Gasteiger charge is 2.23. The topological polar surface area (TPSA) is 55.5 Å². The highest BCUT2D eigenvalue weighted by atomic mass is 32.2. The fourth-order valence-electron chi connectivity index (χ4n) is 1.07. The summed E-state index contributed by atoms with van der Waals surface area (Å²) in [6, 6.07) is 0.0718. The van der Waals surface area contributed by atoms with Crippen LogP contribution in [0.15, 0.2) is 27.6 Å². The Hall–Kier alpha value is -1.03. The summed E-state index contributed by atoms with van der Waals surface area (Å²) in [6.45, 7) is 0. The molecule has 1 aliphatic heterocycles. The number of rotatable bonds is 1. The molecule has 0 aromatic heterocycles. The Kier molecular flexibility index (Phi) is 1.35. The van der Waals surface area contributed by atoms with Crippen molar-refractivity contribution in [3.8, 4) is 0 Å². The Balaban J connectivity index is 2.31. The summed E-state index contributed by atoms with van der Waals surface area (Å²) >= 11 is 1.54. The number of nitrogens with zero attached hydrogens (tertiary/aromatic N) is 1. The SMILES string of the molecule is NC(=O)C1=CC2N=CSC2=C1. The van der Waals surface area contributed by atoms with Crippen LogP contribution in [0.4, 0.5) is 0 Å². The van der Waals surface area contributed by atoms with Gasteiger partial charge in [0.2, 0.25) is 5.91 Å². The van der Waals surface area contributed by atoms with E-state index in [1.54, 1.807) is 29.5 Å². The van der Waals surface area contributed by atoms with Crippen LogP contribution < -0.4 is 5.73 Å². The van der Waals surface area contributed by atoms with Crippen molar-refractivity contribution in [1.82, 2.24) is 0 Å². The molecule has 0 saturated carbocycles. The molecule has 1 unspecified atom stereocenters. The average molecular weight is 166 g/mol. The van der Waals surface area contributed by atoms with Gasteiger partial charge < -0.3 is 5.73 Å². The third-order valence-corrected chi connectivity index (χ3v) is 2.48. The lowest BCUT2D eigenvalue weighted by atomic mass is 10.3. The molecule has 1 atom stereocenters. The van der Waals surface area contributed by atoms with Crippen LogP contribution in [0.3, 0.4) is 0 Å². The van der Waals surface area contributed by atoms with E-state index in [4.69, 9.17) is 5.73 Å². The lowest BCUT2D eigenvalue weighted by molar-refractivity contribution is -0.114. The maximum Gasteiger partial charge on any atom is 0.248 e. The number of primary amides is 1. The van der Waals surface area contributed by atoms with E-state index in [0.717, 1.165) is 4.91 Å². The summed E-state index contributed by atoms with van der Waals surface area (Å²) in [6.07, 6.45) is 3.58. The number of thioether (sulfide) groups is 1. The zero-order chi connectivity index (χ0) is 7.84. The number of hydrogen-bond acceptors (Lipinski definition) is 3. The van der Waals surface area contributed by atoms with Crippen molar-refractivity contribution in [2.24, 2.45) is 10.7 Å². The van der Waals surface area contributed by atoms with Gasteiger partial charge in [-0.05, 0) is 12.2 Å². The van der Waals surface area contributed by atoms with Gasteiger partial charge in [0.15, 0.2) is 0 Å². The molecule has 0 saturated heterocycles. The Morgan fingerprint density at radius 1 is 1.73 bits per heavy atom. The molecule has 4 heteroatoms. The Bertz CT molecular complexity index is 304. The summed E-state index contributed by atoms with van der Waals surface area (Å²) < 4.78 is 0. The minimum Gasteiger partial charge on any atom is -0.366 e. The average Bonchev–Trinajstić information content (AvgIpc) is 2.40. The van der Waals surface area contributed by atoms with Crippen LogP contribution in [0.25, 0.3) is 0 Å². The first-order chi connectivity index (χ1) is 5.27. The zero-order valence-corrected chi connectivity index (χ0v) is 6.47. The maximum absolute atomic E-state index is 10.7. The molecule has 0 radical (unpaired) electrons. The van der Waals surface area contributed by atoms with Gasteiger partial charge in [-0.15, -0.1) is 0 Å². The predicted octanol–water partition coefficient (Wildman–Crippen LogP) is 0.439. The summed E-state index contributed by atoms with van der Waals surface area (Å²) in [4.78, 5) is 15.9.